The highest BCUT2D eigenvalue weighted by molar-refractivity contribution is 8.01. The lowest BCUT2D eigenvalue weighted by Crippen LogP contribution is -2.60. The quantitative estimate of drug-likeness (QED) is 0.274. The van der Waals surface area contributed by atoms with Crippen LogP contribution in [0.4, 0.5) is 4.79 Å². The van der Waals surface area contributed by atoms with Crippen molar-refractivity contribution < 1.29 is 39.0 Å². The van der Waals surface area contributed by atoms with Crippen molar-refractivity contribution >= 4 is 47.5 Å². The van der Waals surface area contributed by atoms with Gasteiger partial charge < -0.3 is 25.7 Å². The van der Waals surface area contributed by atoms with Gasteiger partial charge in [0.05, 0.1) is 5.37 Å². The minimum absolute atomic E-state index is 0.0700. The zero-order valence-corrected chi connectivity index (χ0v) is 21.3. The van der Waals surface area contributed by atoms with E-state index in [0.29, 0.717) is 17.0 Å². The number of nitrogens with one attached hydrogen (secondary N) is 3. The van der Waals surface area contributed by atoms with Crippen molar-refractivity contribution in [3.63, 3.8) is 0 Å². The molecule has 3 rings (SSSR count). The van der Waals surface area contributed by atoms with Gasteiger partial charge in [0.1, 0.15) is 12.1 Å². The third-order valence-corrected chi connectivity index (χ3v) is 7.67. The third-order valence-electron chi connectivity index (χ3n) is 6.17. The van der Waals surface area contributed by atoms with E-state index in [1.807, 2.05) is 0 Å². The summed E-state index contributed by atoms with van der Waals surface area (Å²) in [4.78, 5) is 76.7. The number of hydrogen-bond donors (Lipinski definition) is 5. The fourth-order valence-corrected chi connectivity index (χ4v) is 5.63. The number of nitrogens with zero attached hydrogens (tertiary/aromatic N) is 2. The van der Waals surface area contributed by atoms with Crippen LogP contribution in [0, 0.1) is 0 Å². The molecule has 1 aromatic carbocycles. The Bertz CT molecular complexity index is 1100. The van der Waals surface area contributed by atoms with Crippen molar-refractivity contribution in [3.8, 4) is 0 Å². The summed E-state index contributed by atoms with van der Waals surface area (Å²) in [7, 11) is 0. The Hall–Kier alpha value is -3.65. The second kappa shape index (κ2) is 11.2. The molecular weight excluding hydrogens is 506 g/mol. The van der Waals surface area contributed by atoms with Crippen LogP contribution in [0.5, 0.6) is 0 Å². The smallest absolute Gasteiger partial charge is 0.328 e. The minimum Gasteiger partial charge on any atom is -0.480 e. The molecule has 0 radical (unpaired) electrons. The van der Waals surface area contributed by atoms with Gasteiger partial charge in [-0.25, -0.2) is 9.59 Å². The van der Waals surface area contributed by atoms with Gasteiger partial charge in [-0.05, 0) is 26.3 Å². The summed E-state index contributed by atoms with van der Waals surface area (Å²) in [6.45, 7) is 5.37. The molecule has 2 heterocycles. The van der Waals surface area contributed by atoms with E-state index in [-0.39, 0.29) is 13.1 Å². The highest BCUT2D eigenvalue weighted by Crippen LogP contribution is 2.39. The van der Waals surface area contributed by atoms with Gasteiger partial charge in [-0.15, -0.1) is 11.8 Å². The first kappa shape index (κ1) is 27.9. The van der Waals surface area contributed by atoms with Crippen LogP contribution < -0.4 is 16.0 Å². The van der Waals surface area contributed by atoms with Crippen LogP contribution in [0.25, 0.3) is 0 Å². The third kappa shape index (κ3) is 6.02. The first-order valence-electron chi connectivity index (χ1n) is 11.5. The lowest BCUT2D eigenvalue weighted by molar-refractivity contribution is -0.153. The van der Waals surface area contributed by atoms with Crippen LogP contribution in [0.1, 0.15) is 32.4 Å². The van der Waals surface area contributed by atoms with Crippen LogP contribution in [0.15, 0.2) is 30.3 Å². The molecule has 200 valence electrons. The Morgan fingerprint density at radius 3 is 2.27 bits per heavy atom. The van der Waals surface area contributed by atoms with Gasteiger partial charge >= 0.3 is 29.8 Å². The summed E-state index contributed by atoms with van der Waals surface area (Å²) in [5.74, 6) is -5.33. The maximum atomic E-state index is 13.3. The van der Waals surface area contributed by atoms with Crippen molar-refractivity contribution in [3.05, 3.63) is 35.9 Å². The second-order valence-electron chi connectivity index (χ2n) is 9.04. The predicted molar refractivity (Wildman–Crippen MR) is 131 cm³/mol. The predicted octanol–water partition coefficient (Wildman–Crippen LogP) is -0.408. The van der Waals surface area contributed by atoms with Gasteiger partial charge in [-0.2, -0.15) is 0 Å². The number of likely N-dealkylation sites (N-methyl/N-ethyl adjacent to an activating group) is 1. The lowest BCUT2D eigenvalue weighted by Gasteiger charge is -2.33. The van der Waals surface area contributed by atoms with Gasteiger partial charge in [0, 0.05) is 24.4 Å². The maximum absolute atomic E-state index is 13.3. The Morgan fingerprint density at radius 1 is 1.08 bits per heavy atom. The number of hydrogen-bond acceptors (Lipinski definition) is 8. The molecular formula is C23H29N5O8S. The fraction of sp³-hybridized carbons (Fsp3) is 0.478. The number of urea groups is 1. The molecule has 2 saturated heterocycles. The maximum Gasteiger partial charge on any atom is 0.328 e. The van der Waals surface area contributed by atoms with Crippen LogP contribution in [-0.4, -0.2) is 97.5 Å². The zero-order chi connectivity index (χ0) is 27.5. The number of aliphatic carboxylic acids is 2. The number of benzene rings is 1. The highest BCUT2D eigenvalue weighted by Gasteiger charge is 2.50. The Kier molecular flexibility index (Phi) is 8.43. The summed E-state index contributed by atoms with van der Waals surface area (Å²) in [5, 5.41) is 25.9. The van der Waals surface area contributed by atoms with Gasteiger partial charge in [0.25, 0.3) is 0 Å². The van der Waals surface area contributed by atoms with E-state index in [9.17, 15) is 39.0 Å². The van der Waals surface area contributed by atoms with E-state index in [4.69, 9.17) is 0 Å². The molecule has 2 aliphatic heterocycles. The number of carboxylic acids is 2. The van der Waals surface area contributed by atoms with Crippen LogP contribution in [0.2, 0.25) is 0 Å². The number of amides is 5. The van der Waals surface area contributed by atoms with Crippen molar-refractivity contribution in [2.45, 2.75) is 49.0 Å². The molecule has 13 nitrogen and oxygen atoms in total. The fourth-order valence-electron chi connectivity index (χ4n) is 4.15. The Labute approximate surface area is 216 Å². The van der Waals surface area contributed by atoms with Crippen molar-refractivity contribution in [2.75, 3.05) is 19.6 Å². The van der Waals surface area contributed by atoms with E-state index < -0.39 is 63.9 Å². The summed E-state index contributed by atoms with van der Waals surface area (Å²) in [6.07, 6.45) is 0. The van der Waals surface area contributed by atoms with Crippen molar-refractivity contribution in [1.82, 2.24) is 25.8 Å². The normalized spacial score (nSPS) is 22.8. The number of imide groups is 1. The lowest BCUT2D eigenvalue weighted by atomic mass is 10.0. The number of carbonyl (C=O) groups excluding carboxylic acids is 4. The second-order valence-corrected chi connectivity index (χ2v) is 10.8. The summed E-state index contributed by atoms with van der Waals surface area (Å²) in [6, 6.07) is 2.99. The van der Waals surface area contributed by atoms with Crippen LogP contribution in [-0.2, 0) is 24.0 Å². The van der Waals surface area contributed by atoms with Gasteiger partial charge in [0.15, 0.2) is 6.04 Å². The summed E-state index contributed by atoms with van der Waals surface area (Å²) < 4.78 is -0.866. The summed E-state index contributed by atoms with van der Waals surface area (Å²) >= 11 is 1.06. The molecule has 5 N–H and O–H groups in total. The van der Waals surface area contributed by atoms with E-state index in [1.54, 1.807) is 39.0 Å². The first-order chi connectivity index (χ1) is 17.4. The number of rotatable bonds is 8. The number of carboxylic acid groups (broad SMARTS) is 2. The van der Waals surface area contributed by atoms with E-state index in [1.165, 1.54) is 17.0 Å². The van der Waals surface area contributed by atoms with Crippen LogP contribution in [0.3, 0.4) is 0 Å². The molecule has 0 aromatic heterocycles. The topological polar surface area (TPSA) is 185 Å². The van der Waals surface area contributed by atoms with Gasteiger partial charge in [-0.1, -0.05) is 30.3 Å². The molecule has 2 fully saturated rings. The molecule has 0 unspecified atom stereocenters. The van der Waals surface area contributed by atoms with Crippen molar-refractivity contribution in [1.29, 1.82) is 0 Å². The molecule has 37 heavy (non-hydrogen) atoms. The van der Waals surface area contributed by atoms with E-state index >= 15 is 0 Å². The largest absolute Gasteiger partial charge is 0.480 e. The molecule has 0 saturated carbocycles. The SMILES string of the molecule is CCN1CCN(C(=O)N[C@H](C(=O)N[C@H](C(=O)O)[C@H]2N[C@@H](C(=O)O)C(C)(C)S2)c2ccccc2)C(=O)C1=O. The monoisotopic (exact) mass is 535 g/mol. The van der Waals surface area contributed by atoms with Gasteiger partial charge in [-0.3, -0.25) is 29.4 Å². The first-order valence-corrected chi connectivity index (χ1v) is 12.4. The molecule has 0 spiro atoms. The Morgan fingerprint density at radius 2 is 1.73 bits per heavy atom. The number of thioether (sulfide) groups is 1. The van der Waals surface area contributed by atoms with E-state index in [0.717, 1.165) is 11.8 Å². The molecule has 0 bridgehead atoms. The molecule has 2 aliphatic rings. The van der Waals surface area contributed by atoms with Crippen LogP contribution >= 0.6 is 11.8 Å². The average molecular weight is 536 g/mol. The minimum atomic E-state index is -1.54. The average Bonchev–Trinajstić information content (AvgIpc) is 3.17. The standard InChI is InChI=1S/C23H29N5O8S/c1-4-27-10-11-28(19(31)18(27)30)22(36)25-13(12-8-6-5-7-9-12)16(29)24-14(20(32)33)17-26-15(21(34)35)23(2,3)37-17/h5-9,13-15,17,26H,4,10-11H2,1-3H3,(H,24,29)(H,25,36)(H,32,33)(H,34,35)/t13-,14-,15-,17-/m0/s1. The summed E-state index contributed by atoms with van der Waals surface area (Å²) in [5.41, 5.74) is 0.305. The number of carbonyl (C=O) groups is 6. The Balaban J connectivity index is 1.82. The highest BCUT2D eigenvalue weighted by atomic mass is 32.2. The molecule has 0 aliphatic carbocycles. The molecule has 1 aromatic rings. The molecule has 14 heteroatoms. The van der Waals surface area contributed by atoms with E-state index in [2.05, 4.69) is 16.0 Å². The molecule has 5 amide bonds. The number of piperazine rings is 1. The van der Waals surface area contributed by atoms with Crippen molar-refractivity contribution in [2.24, 2.45) is 0 Å². The van der Waals surface area contributed by atoms with Gasteiger partial charge in [0.2, 0.25) is 5.91 Å². The zero-order valence-electron chi connectivity index (χ0n) is 20.5. The molecule has 4 atom stereocenters.